The molecule has 0 saturated heterocycles. The highest BCUT2D eigenvalue weighted by Crippen LogP contribution is 2.37. The fourth-order valence-electron chi connectivity index (χ4n) is 2.07. The van der Waals surface area contributed by atoms with Gasteiger partial charge in [-0.3, -0.25) is 0 Å². The van der Waals surface area contributed by atoms with Gasteiger partial charge in [-0.15, -0.1) is 0 Å². The molecule has 0 bridgehead atoms. The summed E-state index contributed by atoms with van der Waals surface area (Å²) in [6.45, 7) is 0. The second-order valence-electron chi connectivity index (χ2n) is 4.37. The third-order valence-corrected chi connectivity index (χ3v) is 3.08. The Morgan fingerprint density at radius 1 is 1.19 bits per heavy atom. The largest absolute Gasteiger partial charge is 0.494 e. The zero-order valence-electron chi connectivity index (χ0n) is 11.3. The predicted octanol–water partition coefficient (Wildman–Crippen LogP) is 3.69. The fraction of sp³-hybridized carbons (Fsp3) is 0.0625. The molecule has 0 aliphatic heterocycles. The molecule has 5 nitrogen and oxygen atoms in total. The van der Waals surface area contributed by atoms with Crippen molar-refractivity contribution in [2.45, 2.75) is 0 Å². The molecule has 0 saturated carbocycles. The van der Waals surface area contributed by atoms with E-state index in [0.29, 0.717) is 28.5 Å². The first kappa shape index (κ1) is 12.9. The Hall–Kier alpha value is -3.13. The minimum Gasteiger partial charge on any atom is -0.494 e. The molecule has 0 amide bonds. The molecule has 0 radical (unpaired) electrons. The number of methoxy groups -OCH3 is 1. The van der Waals surface area contributed by atoms with Gasteiger partial charge in [-0.05, 0) is 24.3 Å². The van der Waals surface area contributed by atoms with Crippen molar-refractivity contribution in [3.8, 4) is 23.3 Å². The van der Waals surface area contributed by atoms with Crippen molar-refractivity contribution in [1.82, 2.24) is 0 Å². The van der Waals surface area contributed by atoms with Crippen LogP contribution >= 0.6 is 0 Å². The second-order valence-corrected chi connectivity index (χ2v) is 4.37. The van der Waals surface area contributed by atoms with Crippen molar-refractivity contribution in [2.75, 3.05) is 12.8 Å². The highest BCUT2D eigenvalue weighted by molar-refractivity contribution is 5.86. The SMILES string of the molecule is COc1cc(Oc2c(C#N)oc3ccccc23)ccc1N. The van der Waals surface area contributed by atoms with E-state index >= 15 is 0 Å². The van der Waals surface area contributed by atoms with Crippen LogP contribution in [-0.2, 0) is 0 Å². The first-order valence-electron chi connectivity index (χ1n) is 6.26. The summed E-state index contributed by atoms with van der Waals surface area (Å²) < 4.78 is 16.4. The molecule has 0 aliphatic rings. The van der Waals surface area contributed by atoms with Crippen molar-refractivity contribution in [2.24, 2.45) is 0 Å². The zero-order valence-corrected chi connectivity index (χ0v) is 11.3. The molecule has 1 aromatic heterocycles. The van der Waals surface area contributed by atoms with E-state index in [4.69, 9.17) is 19.6 Å². The van der Waals surface area contributed by atoms with Gasteiger partial charge in [0.05, 0.1) is 18.2 Å². The summed E-state index contributed by atoms with van der Waals surface area (Å²) in [5, 5.41) is 9.91. The van der Waals surface area contributed by atoms with Gasteiger partial charge in [0.1, 0.15) is 23.2 Å². The second kappa shape index (κ2) is 5.10. The van der Waals surface area contributed by atoms with Crippen LogP contribution in [-0.4, -0.2) is 7.11 Å². The smallest absolute Gasteiger partial charge is 0.247 e. The van der Waals surface area contributed by atoms with Crippen LogP contribution in [0.3, 0.4) is 0 Å². The van der Waals surface area contributed by atoms with E-state index in [-0.39, 0.29) is 5.76 Å². The number of nitriles is 1. The Bertz CT molecular complexity index is 846. The molecule has 3 rings (SSSR count). The quantitative estimate of drug-likeness (QED) is 0.740. The van der Waals surface area contributed by atoms with Crippen molar-refractivity contribution in [1.29, 1.82) is 5.26 Å². The molecular formula is C16H12N2O3. The molecule has 5 heteroatoms. The number of benzene rings is 2. The zero-order chi connectivity index (χ0) is 14.8. The predicted molar refractivity (Wildman–Crippen MR) is 78.4 cm³/mol. The molecule has 0 aliphatic carbocycles. The van der Waals surface area contributed by atoms with E-state index in [1.165, 1.54) is 7.11 Å². The number of nitrogens with two attached hydrogens (primary N) is 1. The van der Waals surface area contributed by atoms with Crippen LogP contribution in [0.5, 0.6) is 17.2 Å². The van der Waals surface area contributed by atoms with Crippen LogP contribution in [0.1, 0.15) is 5.76 Å². The maximum Gasteiger partial charge on any atom is 0.247 e. The van der Waals surface area contributed by atoms with Crippen LogP contribution < -0.4 is 15.2 Å². The van der Waals surface area contributed by atoms with Gasteiger partial charge in [0.15, 0.2) is 5.75 Å². The van der Waals surface area contributed by atoms with Gasteiger partial charge in [-0.2, -0.15) is 5.26 Å². The summed E-state index contributed by atoms with van der Waals surface area (Å²) in [5.74, 6) is 1.55. The summed E-state index contributed by atoms with van der Waals surface area (Å²) in [4.78, 5) is 0. The number of fused-ring (bicyclic) bond motifs is 1. The molecule has 2 aromatic carbocycles. The number of hydrogen-bond acceptors (Lipinski definition) is 5. The third-order valence-electron chi connectivity index (χ3n) is 3.08. The van der Waals surface area contributed by atoms with Crippen molar-refractivity contribution in [3.05, 3.63) is 48.2 Å². The van der Waals surface area contributed by atoms with E-state index in [2.05, 4.69) is 0 Å². The Morgan fingerprint density at radius 3 is 2.76 bits per heavy atom. The first-order valence-corrected chi connectivity index (χ1v) is 6.26. The maximum atomic E-state index is 9.17. The molecule has 0 atom stereocenters. The molecule has 0 spiro atoms. The van der Waals surface area contributed by atoms with Crippen LogP contribution in [0.15, 0.2) is 46.9 Å². The van der Waals surface area contributed by atoms with E-state index < -0.39 is 0 Å². The van der Waals surface area contributed by atoms with Gasteiger partial charge >= 0.3 is 0 Å². The van der Waals surface area contributed by atoms with Crippen LogP contribution in [0, 0.1) is 11.3 Å². The molecule has 1 heterocycles. The summed E-state index contributed by atoms with van der Waals surface area (Å²) >= 11 is 0. The highest BCUT2D eigenvalue weighted by atomic mass is 16.5. The number of rotatable bonds is 3. The minimum atomic E-state index is 0.131. The fourth-order valence-corrected chi connectivity index (χ4v) is 2.07. The highest BCUT2D eigenvalue weighted by Gasteiger charge is 2.16. The molecule has 0 unspecified atom stereocenters. The number of para-hydroxylation sites is 1. The van der Waals surface area contributed by atoms with Gasteiger partial charge in [-0.1, -0.05) is 12.1 Å². The Morgan fingerprint density at radius 2 is 2.00 bits per heavy atom. The standard InChI is InChI=1S/C16H12N2O3/c1-19-14-8-10(6-7-12(14)18)20-16-11-4-2-3-5-13(11)21-15(16)9-17/h2-8H,18H2,1H3. The first-order chi connectivity index (χ1) is 10.2. The molecular weight excluding hydrogens is 268 g/mol. The average Bonchev–Trinajstić information content (AvgIpc) is 2.87. The van der Waals surface area contributed by atoms with E-state index in [1.54, 1.807) is 24.3 Å². The Labute approximate surface area is 121 Å². The molecule has 3 aromatic rings. The summed E-state index contributed by atoms with van der Waals surface area (Å²) in [5.41, 5.74) is 6.89. The minimum absolute atomic E-state index is 0.131. The van der Waals surface area contributed by atoms with Crippen molar-refractivity contribution in [3.63, 3.8) is 0 Å². The lowest BCUT2D eigenvalue weighted by molar-refractivity contribution is 0.410. The number of ether oxygens (including phenoxy) is 2. The van der Waals surface area contributed by atoms with Gasteiger partial charge in [0.2, 0.25) is 5.76 Å². The maximum absolute atomic E-state index is 9.17. The van der Waals surface area contributed by atoms with Crippen LogP contribution in [0.2, 0.25) is 0 Å². The monoisotopic (exact) mass is 280 g/mol. The average molecular weight is 280 g/mol. The molecule has 0 fully saturated rings. The van der Waals surface area contributed by atoms with Crippen molar-refractivity contribution < 1.29 is 13.9 Å². The number of hydrogen-bond donors (Lipinski definition) is 1. The van der Waals surface area contributed by atoms with E-state index in [0.717, 1.165) is 5.39 Å². The van der Waals surface area contributed by atoms with Gasteiger partial charge in [-0.25, -0.2) is 0 Å². The lowest BCUT2D eigenvalue weighted by atomic mass is 10.2. The van der Waals surface area contributed by atoms with Crippen molar-refractivity contribution >= 4 is 16.7 Å². The molecule has 104 valence electrons. The number of furan rings is 1. The lowest BCUT2D eigenvalue weighted by Gasteiger charge is -2.08. The molecule has 2 N–H and O–H groups in total. The summed E-state index contributed by atoms with van der Waals surface area (Å²) in [6, 6.07) is 14.4. The van der Waals surface area contributed by atoms with E-state index in [9.17, 15) is 5.26 Å². The number of nitrogen functional groups attached to an aromatic ring is 1. The number of anilines is 1. The lowest BCUT2D eigenvalue weighted by Crippen LogP contribution is -1.93. The van der Waals surface area contributed by atoms with Gasteiger partial charge < -0.3 is 19.6 Å². The normalized spacial score (nSPS) is 10.3. The van der Waals surface area contributed by atoms with Crippen LogP contribution in [0.25, 0.3) is 11.0 Å². The van der Waals surface area contributed by atoms with Crippen LogP contribution in [0.4, 0.5) is 5.69 Å². The summed E-state index contributed by atoms with van der Waals surface area (Å²) in [6.07, 6.45) is 0. The topological polar surface area (TPSA) is 81.4 Å². The summed E-state index contributed by atoms with van der Waals surface area (Å²) in [7, 11) is 1.53. The van der Waals surface area contributed by atoms with Gasteiger partial charge in [0, 0.05) is 6.07 Å². The Kier molecular flexibility index (Phi) is 3.13. The number of nitrogens with zero attached hydrogens (tertiary/aromatic N) is 1. The molecule has 21 heavy (non-hydrogen) atoms. The third kappa shape index (κ3) is 2.23. The van der Waals surface area contributed by atoms with E-state index in [1.807, 2.05) is 24.3 Å². The van der Waals surface area contributed by atoms with Gasteiger partial charge in [0.25, 0.3) is 0 Å². The Balaban J connectivity index is 2.07.